The summed E-state index contributed by atoms with van der Waals surface area (Å²) in [6.45, 7) is 1.82. The van der Waals surface area contributed by atoms with E-state index < -0.39 is 5.97 Å². The number of fused-ring (bicyclic) bond motifs is 1. The highest BCUT2D eigenvalue weighted by Gasteiger charge is 2.12. The fourth-order valence-electron chi connectivity index (χ4n) is 1.41. The number of carboxylic acids is 1. The first-order valence-corrected chi connectivity index (χ1v) is 5.16. The maximum Gasteiger partial charge on any atom is 0.345 e. The SMILES string of the molecule is Cc1cc2sc(C(=O)O)cc2c(=O)n1C. The minimum absolute atomic E-state index is 0.145. The van der Waals surface area contributed by atoms with Crippen molar-refractivity contribution in [1.29, 1.82) is 0 Å². The molecule has 0 saturated carbocycles. The molecule has 0 aromatic carbocycles. The van der Waals surface area contributed by atoms with E-state index in [9.17, 15) is 9.59 Å². The third-order valence-electron chi connectivity index (χ3n) is 2.38. The van der Waals surface area contributed by atoms with Crippen molar-refractivity contribution in [3.05, 3.63) is 33.1 Å². The van der Waals surface area contributed by atoms with E-state index in [1.165, 1.54) is 10.6 Å². The van der Waals surface area contributed by atoms with Gasteiger partial charge in [0.25, 0.3) is 5.56 Å². The summed E-state index contributed by atoms with van der Waals surface area (Å²) in [7, 11) is 1.68. The van der Waals surface area contributed by atoms with Crippen molar-refractivity contribution in [2.24, 2.45) is 7.05 Å². The summed E-state index contributed by atoms with van der Waals surface area (Å²) in [5.74, 6) is -0.990. The molecule has 15 heavy (non-hydrogen) atoms. The molecule has 0 bridgehead atoms. The van der Waals surface area contributed by atoms with Crippen LogP contribution in [0.1, 0.15) is 15.4 Å². The highest BCUT2D eigenvalue weighted by molar-refractivity contribution is 7.20. The molecule has 0 atom stereocenters. The van der Waals surface area contributed by atoms with E-state index in [-0.39, 0.29) is 10.4 Å². The molecule has 0 aliphatic rings. The van der Waals surface area contributed by atoms with Crippen molar-refractivity contribution in [3.8, 4) is 0 Å². The number of aromatic carboxylic acids is 1. The Morgan fingerprint density at radius 1 is 1.47 bits per heavy atom. The fraction of sp³-hybridized carbons (Fsp3) is 0.200. The van der Waals surface area contributed by atoms with E-state index in [1.807, 2.05) is 13.0 Å². The molecule has 0 radical (unpaired) electrons. The lowest BCUT2D eigenvalue weighted by Crippen LogP contribution is -2.17. The Labute approximate surface area is 89.4 Å². The van der Waals surface area contributed by atoms with Gasteiger partial charge in [0, 0.05) is 17.4 Å². The molecule has 1 N–H and O–H groups in total. The Bertz CT molecular complexity index is 609. The standard InChI is InChI=1S/C10H9NO3S/c1-5-3-7-6(9(12)11(5)2)4-8(15-7)10(13)14/h3-4H,1-2H3,(H,13,14). The first-order chi connectivity index (χ1) is 7.00. The minimum atomic E-state index is -0.990. The van der Waals surface area contributed by atoms with Crippen LogP contribution in [-0.4, -0.2) is 15.6 Å². The Morgan fingerprint density at radius 3 is 2.73 bits per heavy atom. The van der Waals surface area contributed by atoms with Crippen LogP contribution in [0.15, 0.2) is 16.9 Å². The van der Waals surface area contributed by atoms with Crippen LogP contribution in [0, 0.1) is 6.92 Å². The lowest BCUT2D eigenvalue weighted by molar-refractivity contribution is 0.0702. The summed E-state index contributed by atoms with van der Waals surface area (Å²) in [4.78, 5) is 22.7. The monoisotopic (exact) mass is 223 g/mol. The summed E-state index contributed by atoms with van der Waals surface area (Å²) in [6, 6.07) is 3.26. The van der Waals surface area contributed by atoms with Crippen LogP contribution >= 0.6 is 11.3 Å². The summed E-state index contributed by atoms with van der Waals surface area (Å²) < 4.78 is 2.24. The van der Waals surface area contributed by atoms with Gasteiger partial charge in [-0.05, 0) is 19.1 Å². The van der Waals surface area contributed by atoms with E-state index in [0.29, 0.717) is 5.39 Å². The van der Waals surface area contributed by atoms with Crippen LogP contribution in [0.2, 0.25) is 0 Å². The van der Waals surface area contributed by atoms with Crippen LogP contribution in [0.25, 0.3) is 10.1 Å². The van der Waals surface area contributed by atoms with Crippen molar-refractivity contribution in [3.63, 3.8) is 0 Å². The zero-order chi connectivity index (χ0) is 11.2. The molecular weight excluding hydrogens is 214 g/mol. The zero-order valence-electron chi connectivity index (χ0n) is 8.27. The number of hydrogen-bond donors (Lipinski definition) is 1. The van der Waals surface area contributed by atoms with Gasteiger partial charge in [0.2, 0.25) is 0 Å². The van der Waals surface area contributed by atoms with E-state index in [1.54, 1.807) is 7.05 Å². The van der Waals surface area contributed by atoms with Crippen LogP contribution in [-0.2, 0) is 7.05 Å². The Morgan fingerprint density at radius 2 is 2.13 bits per heavy atom. The van der Waals surface area contributed by atoms with Gasteiger partial charge >= 0.3 is 5.97 Å². The number of carbonyl (C=O) groups is 1. The maximum atomic E-state index is 11.8. The number of nitrogens with zero attached hydrogens (tertiary/aromatic N) is 1. The summed E-state index contributed by atoms with van der Waals surface area (Å²) in [5, 5.41) is 9.29. The Hall–Kier alpha value is -1.62. The zero-order valence-corrected chi connectivity index (χ0v) is 9.09. The number of hydrogen-bond acceptors (Lipinski definition) is 3. The molecule has 4 nitrogen and oxygen atoms in total. The van der Waals surface area contributed by atoms with Gasteiger partial charge < -0.3 is 9.67 Å². The van der Waals surface area contributed by atoms with Crippen LogP contribution < -0.4 is 5.56 Å². The van der Waals surface area contributed by atoms with Gasteiger partial charge in [0.15, 0.2) is 0 Å². The van der Waals surface area contributed by atoms with Gasteiger partial charge in [0.1, 0.15) is 4.88 Å². The van der Waals surface area contributed by atoms with Gasteiger partial charge in [0.05, 0.1) is 5.39 Å². The third kappa shape index (κ3) is 1.45. The second kappa shape index (κ2) is 3.20. The summed E-state index contributed by atoms with van der Waals surface area (Å²) in [6.07, 6.45) is 0. The molecule has 0 unspecified atom stereocenters. The van der Waals surface area contributed by atoms with E-state index in [2.05, 4.69) is 0 Å². The number of pyridine rings is 1. The predicted octanol–water partition coefficient (Wildman–Crippen LogP) is 1.61. The maximum absolute atomic E-state index is 11.8. The van der Waals surface area contributed by atoms with Gasteiger partial charge in [-0.15, -0.1) is 11.3 Å². The second-order valence-corrected chi connectivity index (χ2v) is 4.43. The number of rotatable bonds is 1. The van der Waals surface area contributed by atoms with E-state index in [0.717, 1.165) is 21.7 Å². The number of aryl methyl sites for hydroxylation is 1. The van der Waals surface area contributed by atoms with Crippen LogP contribution in [0.4, 0.5) is 0 Å². The largest absolute Gasteiger partial charge is 0.477 e. The molecule has 2 aromatic rings. The Balaban J connectivity index is 2.88. The van der Waals surface area contributed by atoms with Crippen molar-refractivity contribution in [2.45, 2.75) is 6.92 Å². The fourth-order valence-corrected chi connectivity index (χ4v) is 2.40. The number of carboxylic acid groups (broad SMARTS) is 1. The third-order valence-corrected chi connectivity index (χ3v) is 3.45. The second-order valence-electron chi connectivity index (χ2n) is 3.34. The molecule has 0 aliphatic heterocycles. The first-order valence-electron chi connectivity index (χ1n) is 4.34. The van der Waals surface area contributed by atoms with Crippen LogP contribution in [0.3, 0.4) is 0 Å². The molecule has 0 amide bonds. The highest BCUT2D eigenvalue weighted by Crippen LogP contribution is 2.23. The average Bonchev–Trinajstić information content (AvgIpc) is 2.58. The lowest BCUT2D eigenvalue weighted by atomic mass is 10.3. The molecule has 0 spiro atoms. The molecule has 2 rings (SSSR count). The van der Waals surface area contributed by atoms with Crippen molar-refractivity contribution in [2.75, 3.05) is 0 Å². The summed E-state index contributed by atoms with van der Waals surface area (Å²) in [5.41, 5.74) is 0.681. The molecular formula is C10H9NO3S. The molecule has 2 aromatic heterocycles. The van der Waals surface area contributed by atoms with Crippen molar-refractivity contribution in [1.82, 2.24) is 4.57 Å². The highest BCUT2D eigenvalue weighted by atomic mass is 32.1. The molecule has 0 saturated heterocycles. The smallest absolute Gasteiger partial charge is 0.345 e. The number of aromatic nitrogens is 1. The molecule has 2 heterocycles. The van der Waals surface area contributed by atoms with Gasteiger partial charge in [-0.3, -0.25) is 4.79 Å². The minimum Gasteiger partial charge on any atom is -0.477 e. The predicted molar refractivity (Wildman–Crippen MR) is 58.8 cm³/mol. The molecule has 78 valence electrons. The Kier molecular flexibility index (Phi) is 2.12. The van der Waals surface area contributed by atoms with E-state index >= 15 is 0 Å². The topological polar surface area (TPSA) is 59.3 Å². The quantitative estimate of drug-likeness (QED) is 0.799. The van der Waals surface area contributed by atoms with Gasteiger partial charge in [-0.1, -0.05) is 0 Å². The van der Waals surface area contributed by atoms with E-state index in [4.69, 9.17) is 5.11 Å². The van der Waals surface area contributed by atoms with Gasteiger partial charge in [-0.25, -0.2) is 4.79 Å². The van der Waals surface area contributed by atoms with Crippen molar-refractivity contribution >= 4 is 27.4 Å². The molecule has 0 aliphatic carbocycles. The number of thiophene rings is 1. The normalized spacial score (nSPS) is 10.8. The van der Waals surface area contributed by atoms with Crippen molar-refractivity contribution < 1.29 is 9.90 Å². The average molecular weight is 223 g/mol. The lowest BCUT2D eigenvalue weighted by Gasteiger charge is -2.01. The molecule has 0 fully saturated rings. The molecule has 5 heteroatoms. The first kappa shape index (κ1) is 9.92. The van der Waals surface area contributed by atoms with Crippen LogP contribution in [0.5, 0.6) is 0 Å². The summed E-state index contributed by atoms with van der Waals surface area (Å²) >= 11 is 1.13. The van der Waals surface area contributed by atoms with Gasteiger partial charge in [-0.2, -0.15) is 0 Å².